The molecular weight excluding hydrogens is 292 g/mol. The van der Waals surface area contributed by atoms with E-state index in [1.807, 2.05) is 32.0 Å². The molecule has 0 fully saturated rings. The van der Waals surface area contributed by atoms with Gasteiger partial charge in [0.25, 0.3) is 0 Å². The van der Waals surface area contributed by atoms with Crippen molar-refractivity contribution in [1.82, 2.24) is 5.32 Å². The van der Waals surface area contributed by atoms with Crippen LogP contribution in [0.3, 0.4) is 0 Å². The number of aryl methyl sites for hydroxylation is 1. The maximum absolute atomic E-state index is 11.8. The lowest BCUT2D eigenvalue weighted by Gasteiger charge is -2.16. The normalized spacial score (nSPS) is 12.3. The Labute approximate surface area is 117 Å². The number of benzene rings is 1. The SMILES string of the molecule is Cc1cc(Br)cc(NC(C)C(=O)NCC(C)C)c1. The van der Waals surface area contributed by atoms with Crippen molar-refractivity contribution in [2.24, 2.45) is 5.92 Å². The molecule has 1 unspecified atom stereocenters. The fourth-order valence-electron chi connectivity index (χ4n) is 1.59. The van der Waals surface area contributed by atoms with Crippen LogP contribution >= 0.6 is 15.9 Å². The molecule has 0 saturated heterocycles. The number of anilines is 1. The Morgan fingerprint density at radius 2 is 1.94 bits per heavy atom. The fraction of sp³-hybridized carbons (Fsp3) is 0.500. The maximum atomic E-state index is 11.8. The molecule has 2 N–H and O–H groups in total. The van der Waals surface area contributed by atoms with Crippen molar-refractivity contribution in [3.63, 3.8) is 0 Å². The fourth-order valence-corrected chi connectivity index (χ4v) is 2.20. The van der Waals surface area contributed by atoms with Crippen LogP contribution in [-0.2, 0) is 4.79 Å². The first kappa shape index (κ1) is 15.0. The van der Waals surface area contributed by atoms with E-state index in [-0.39, 0.29) is 11.9 Å². The van der Waals surface area contributed by atoms with Crippen molar-refractivity contribution in [1.29, 1.82) is 0 Å². The van der Waals surface area contributed by atoms with E-state index in [1.165, 1.54) is 0 Å². The summed E-state index contributed by atoms with van der Waals surface area (Å²) in [4.78, 5) is 11.8. The highest BCUT2D eigenvalue weighted by atomic mass is 79.9. The molecule has 4 heteroatoms. The lowest BCUT2D eigenvalue weighted by molar-refractivity contribution is -0.121. The van der Waals surface area contributed by atoms with Crippen LogP contribution < -0.4 is 10.6 Å². The summed E-state index contributed by atoms with van der Waals surface area (Å²) in [6.07, 6.45) is 0. The van der Waals surface area contributed by atoms with Crippen molar-refractivity contribution in [2.75, 3.05) is 11.9 Å². The predicted octanol–water partition coefficient (Wildman–Crippen LogP) is 3.33. The Hall–Kier alpha value is -1.03. The summed E-state index contributed by atoms with van der Waals surface area (Å²) in [6, 6.07) is 5.79. The highest BCUT2D eigenvalue weighted by Crippen LogP contribution is 2.19. The first-order valence-electron chi connectivity index (χ1n) is 6.20. The molecule has 0 aromatic heterocycles. The Kier molecular flexibility index (Phi) is 5.66. The summed E-state index contributed by atoms with van der Waals surface area (Å²) in [6.45, 7) is 8.76. The van der Waals surface area contributed by atoms with E-state index >= 15 is 0 Å². The third kappa shape index (κ3) is 5.08. The van der Waals surface area contributed by atoms with Gasteiger partial charge >= 0.3 is 0 Å². The topological polar surface area (TPSA) is 41.1 Å². The lowest BCUT2D eigenvalue weighted by atomic mass is 10.2. The summed E-state index contributed by atoms with van der Waals surface area (Å²) in [5.41, 5.74) is 2.11. The van der Waals surface area contributed by atoms with Gasteiger partial charge in [-0.15, -0.1) is 0 Å². The molecule has 0 radical (unpaired) electrons. The minimum Gasteiger partial charge on any atom is -0.374 e. The Balaban J connectivity index is 2.58. The molecule has 1 rings (SSSR count). The average molecular weight is 313 g/mol. The van der Waals surface area contributed by atoms with Crippen LogP contribution in [0.25, 0.3) is 0 Å². The van der Waals surface area contributed by atoms with Gasteiger partial charge in [-0.2, -0.15) is 0 Å². The first-order valence-corrected chi connectivity index (χ1v) is 6.99. The van der Waals surface area contributed by atoms with Crippen LogP contribution in [0.5, 0.6) is 0 Å². The third-order valence-electron chi connectivity index (χ3n) is 2.50. The van der Waals surface area contributed by atoms with E-state index in [0.717, 1.165) is 15.7 Å². The molecule has 0 heterocycles. The average Bonchev–Trinajstić information content (AvgIpc) is 2.24. The summed E-state index contributed by atoms with van der Waals surface area (Å²) in [5, 5.41) is 6.12. The Bertz CT molecular complexity index is 398. The van der Waals surface area contributed by atoms with Crippen LogP contribution in [0.15, 0.2) is 22.7 Å². The van der Waals surface area contributed by atoms with Gasteiger partial charge in [0, 0.05) is 16.7 Å². The Morgan fingerprint density at radius 3 is 2.50 bits per heavy atom. The summed E-state index contributed by atoms with van der Waals surface area (Å²) < 4.78 is 1.01. The van der Waals surface area contributed by atoms with E-state index in [4.69, 9.17) is 0 Å². The highest BCUT2D eigenvalue weighted by Gasteiger charge is 2.12. The molecule has 18 heavy (non-hydrogen) atoms. The minimum atomic E-state index is -0.238. The summed E-state index contributed by atoms with van der Waals surface area (Å²) >= 11 is 3.45. The van der Waals surface area contributed by atoms with Gasteiger partial charge in [-0.1, -0.05) is 29.8 Å². The highest BCUT2D eigenvalue weighted by molar-refractivity contribution is 9.10. The van der Waals surface area contributed by atoms with Gasteiger partial charge in [-0.3, -0.25) is 4.79 Å². The van der Waals surface area contributed by atoms with E-state index in [9.17, 15) is 4.79 Å². The van der Waals surface area contributed by atoms with Crippen molar-refractivity contribution in [2.45, 2.75) is 33.7 Å². The summed E-state index contributed by atoms with van der Waals surface area (Å²) in [5.74, 6) is 0.496. The van der Waals surface area contributed by atoms with Crippen LogP contribution in [0, 0.1) is 12.8 Å². The van der Waals surface area contributed by atoms with Gasteiger partial charge in [0.2, 0.25) is 5.91 Å². The molecule has 0 saturated carbocycles. The molecule has 1 atom stereocenters. The zero-order valence-electron chi connectivity index (χ0n) is 11.4. The zero-order chi connectivity index (χ0) is 13.7. The standard InChI is InChI=1S/C14H21BrN2O/c1-9(2)8-16-14(18)11(4)17-13-6-10(3)5-12(15)7-13/h5-7,9,11,17H,8H2,1-4H3,(H,16,18). The zero-order valence-corrected chi connectivity index (χ0v) is 13.0. The number of rotatable bonds is 5. The maximum Gasteiger partial charge on any atom is 0.242 e. The van der Waals surface area contributed by atoms with Crippen LogP contribution in [0.2, 0.25) is 0 Å². The molecule has 100 valence electrons. The summed E-state index contributed by atoms with van der Waals surface area (Å²) in [7, 11) is 0. The molecule has 0 aliphatic heterocycles. The van der Waals surface area contributed by atoms with Gasteiger partial charge < -0.3 is 10.6 Å². The second-order valence-electron chi connectivity index (χ2n) is 5.02. The number of amides is 1. The predicted molar refractivity (Wildman–Crippen MR) is 79.8 cm³/mol. The van der Waals surface area contributed by atoms with Gasteiger partial charge in [-0.25, -0.2) is 0 Å². The van der Waals surface area contributed by atoms with Gasteiger partial charge in [-0.05, 0) is 43.5 Å². The quantitative estimate of drug-likeness (QED) is 0.875. The van der Waals surface area contributed by atoms with Crippen LogP contribution in [0.1, 0.15) is 26.3 Å². The van der Waals surface area contributed by atoms with Gasteiger partial charge in [0.05, 0.1) is 0 Å². The molecule has 1 aromatic carbocycles. The van der Waals surface area contributed by atoms with Crippen molar-refractivity contribution in [3.05, 3.63) is 28.2 Å². The molecule has 0 spiro atoms. The Morgan fingerprint density at radius 1 is 1.28 bits per heavy atom. The number of nitrogens with one attached hydrogen (secondary N) is 2. The first-order chi connectivity index (χ1) is 8.38. The van der Waals surface area contributed by atoms with Crippen LogP contribution in [0.4, 0.5) is 5.69 Å². The molecule has 3 nitrogen and oxygen atoms in total. The largest absolute Gasteiger partial charge is 0.374 e. The molecule has 1 amide bonds. The van der Waals surface area contributed by atoms with Crippen LogP contribution in [-0.4, -0.2) is 18.5 Å². The van der Waals surface area contributed by atoms with Gasteiger partial charge in [0.15, 0.2) is 0 Å². The second kappa shape index (κ2) is 6.78. The van der Waals surface area contributed by atoms with Crippen molar-refractivity contribution in [3.8, 4) is 0 Å². The lowest BCUT2D eigenvalue weighted by Crippen LogP contribution is -2.39. The van der Waals surface area contributed by atoms with Crippen molar-refractivity contribution < 1.29 is 4.79 Å². The van der Waals surface area contributed by atoms with Gasteiger partial charge in [0.1, 0.15) is 6.04 Å². The van der Waals surface area contributed by atoms with Crippen molar-refractivity contribution >= 4 is 27.5 Å². The molecule has 0 aliphatic rings. The minimum absolute atomic E-state index is 0.0290. The van der Waals surface area contributed by atoms with E-state index in [2.05, 4.69) is 40.4 Å². The van der Waals surface area contributed by atoms with E-state index < -0.39 is 0 Å². The number of hydrogen-bond acceptors (Lipinski definition) is 2. The monoisotopic (exact) mass is 312 g/mol. The number of hydrogen-bond donors (Lipinski definition) is 2. The molecule has 1 aromatic rings. The number of carbonyl (C=O) groups excluding carboxylic acids is 1. The number of halogens is 1. The van der Waals surface area contributed by atoms with E-state index in [0.29, 0.717) is 12.5 Å². The third-order valence-corrected chi connectivity index (χ3v) is 2.96. The molecule has 0 aliphatic carbocycles. The number of carbonyl (C=O) groups is 1. The smallest absolute Gasteiger partial charge is 0.242 e. The molecule has 0 bridgehead atoms. The molecular formula is C14H21BrN2O. The van der Waals surface area contributed by atoms with E-state index in [1.54, 1.807) is 0 Å². The second-order valence-corrected chi connectivity index (χ2v) is 5.94.